The lowest BCUT2D eigenvalue weighted by atomic mass is 10.3. The van der Waals surface area contributed by atoms with Crippen molar-refractivity contribution in [3.8, 4) is 6.07 Å². The number of ether oxygens (including phenoxy) is 1. The Morgan fingerprint density at radius 1 is 1.39 bits per heavy atom. The molecule has 8 heteroatoms. The molecule has 0 aromatic heterocycles. The lowest BCUT2D eigenvalue weighted by molar-refractivity contribution is -0.138. The number of phosphoric acid groups is 1. The van der Waals surface area contributed by atoms with E-state index >= 15 is 0 Å². The van der Waals surface area contributed by atoms with Crippen LogP contribution in [0, 0.1) is 11.3 Å². The number of hydrogen-bond donors (Lipinski definition) is 1. The predicted molar refractivity (Wildman–Crippen MR) is 62.3 cm³/mol. The van der Waals surface area contributed by atoms with Crippen molar-refractivity contribution >= 4 is 13.8 Å². The Bertz CT molecular complexity index is 375. The number of nitrogens with zero attached hydrogens (tertiary/aromatic N) is 1. The zero-order valence-electron chi connectivity index (χ0n) is 10.1. The van der Waals surface area contributed by atoms with Gasteiger partial charge < -0.3 is 9.63 Å². The molecule has 0 aromatic carbocycles. The first-order valence-electron chi connectivity index (χ1n) is 5.31. The molecule has 0 bridgehead atoms. The lowest BCUT2D eigenvalue weighted by Crippen LogP contribution is -2.09. The molecule has 0 amide bonds. The zero-order chi connectivity index (χ0) is 14.0. The second-order valence-electron chi connectivity index (χ2n) is 3.21. The molecule has 0 spiro atoms. The zero-order valence-corrected chi connectivity index (χ0v) is 11.0. The molecule has 0 rings (SSSR count). The van der Waals surface area contributed by atoms with Crippen molar-refractivity contribution in [2.75, 3.05) is 19.8 Å². The number of phosphoric ester groups is 1. The van der Waals surface area contributed by atoms with Gasteiger partial charge in [-0.3, -0.25) is 9.05 Å². The van der Waals surface area contributed by atoms with Gasteiger partial charge in [0.25, 0.3) is 0 Å². The smallest absolute Gasteiger partial charge is 0.461 e. The van der Waals surface area contributed by atoms with E-state index in [4.69, 9.17) is 10.2 Å². The average Bonchev–Trinajstić information content (AvgIpc) is 2.34. The Balaban J connectivity index is 3.69. The standard InChI is InChI=1S/C10H16NO6P/c1-3-5-16-18(13,14)17-7-4-6-15-10(12)9(2)8-11/h2-7H2,1H3,(H,13,14). The van der Waals surface area contributed by atoms with Crippen molar-refractivity contribution in [1.82, 2.24) is 0 Å². The van der Waals surface area contributed by atoms with Crippen LogP contribution in [-0.2, 0) is 23.1 Å². The maximum Gasteiger partial charge on any atom is 0.472 e. The van der Waals surface area contributed by atoms with Crippen molar-refractivity contribution in [2.45, 2.75) is 19.8 Å². The van der Waals surface area contributed by atoms with E-state index in [-0.39, 0.29) is 31.8 Å². The summed E-state index contributed by atoms with van der Waals surface area (Å²) in [6.07, 6.45) is 0.812. The fourth-order valence-electron chi connectivity index (χ4n) is 0.780. The van der Waals surface area contributed by atoms with Gasteiger partial charge in [-0.15, -0.1) is 0 Å². The number of carbonyl (C=O) groups excluding carboxylic acids is 1. The molecular formula is C10H16NO6P. The predicted octanol–water partition coefficient (Wildman–Crippen LogP) is 1.54. The topological polar surface area (TPSA) is 106 Å². The van der Waals surface area contributed by atoms with Gasteiger partial charge in [-0.25, -0.2) is 9.36 Å². The van der Waals surface area contributed by atoms with E-state index in [1.165, 1.54) is 0 Å². The molecule has 1 N–H and O–H groups in total. The summed E-state index contributed by atoms with van der Waals surface area (Å²) in [5.74, 6) is -0.813. The minimum absolute atomic E-state index is 0.0344. The van der Waals surface area contributed by atoms with E-state index in [9.17, 15) is 9.36 Å². The molecule has 0 saturated carbocycles. The molecule has 0 aromatic rings. The summed E-state index contributed by atoms with van der Waals surface area (Å²) in [6, 6.07) is 1.55. The van der Waals surface area contributed by atoms with E-state index < -0.39 is 13.8 Å². The normalized spacial score (nSPS) is 13.4. The van der Waals surface area contributed by atoms with Crippen LogP contribution < -0.4 is 0 Å². The molecule has 0 aliphatic carbocycles. The Hall–Kier alpha value is -1.19. The van der Waals surface area contributed by atoms with Crippen LogP contribution in [0.5, 0.6) is 0 Å². The van der Waals surface area contributed by atoms with Crippen LogP contribution in [0.3, 0.4) is 0 Å². The van der Waals surface area contributed by atoms with Crippen molar-refractivity contribution in [1.29, 1.82) is 5.26 Å². The number of esters is 1. The first-order valence-corrected chi connectivity index (χ1v) is 6.80. The van der Waals surface area contributed by atoms with E-state index in [1.807, 2.05) is 0 Å². The molecule has 0 radical (unpaired) electrons. The SMILES string of the molecule is C=C(C#N)C(=O)OCCCOP(=O)(O)OCCC. The Morgan fingerprint density at radius 3 is 2.56 bits per heavy atom. The maximum atomic E-state index is 11.2. The number of rotatable bonds is 9. The number of hydrogen-bond acceptors (Lipinski definition) is 6. The quantitative estimate of drug-likeness (QED) is 0.224. The molecule has 0 saturated heterocycles. The van der Waals surface area contributed by atoms with E-state index in [0.29, 0.717) is 6.42 Å². The highest BCUT2D eigenvalue weighted by molar-refractivity contribution is 7.47. The van der Waals surface area contributed by atoms with Gasteiger partial charge in [-0.1, -0.05) is 13.5 Å². The molecule has 0 heterocycles. The molecule has 0 aliphatic rings. The van der Waals surface area contributed by atoms with Gasteiger partial charge in [-0.05, 0) is 6.42 Å². The van der Waals surface area contributed by atoms with Crippen molar-refractivity contribution in [2.24, 2.45) is 0 Å². The van der Waals surface area contributed by atoms with Gasteiger partial charge in [0.2, 0.25) is 0 Å². The molecule has 1 unspecified atom stereocenters. The van der Waals surface area contributed by atoms with Crippen molar-refractivity contribution in [3.63, 3.8) is 0 Å². The number of nitriles is 1. The highest BCUT2D eigenvalue weighted by Gasteiger charge is 2.19. The summed E-state index contributed by atoms with van der Waals surface area (Å²) in [7, 11) is -4.01. The molecule has 1 atom stereocenters. The highest BCUT2D eigenvalue weighted by atomic mass is 31.2. The molecule has 0 fully saturated rings. The van der Waals surface area contributed by atoms with E-state index in [2.05, 4.69) is 20.4 Å². The minimum atomic E-state index is -4.01. The first kappa shape index (κ1) is 16.8. The second kappa shape index (κ2) is 8.84. The maximum absolute atomic E-state index is 11.2. The third-order valence-electron chi connectivity index (χ3n) is 1.62. The van der Waals surface area contributed by atoms with Gasteiger partial charge in [-0.2, -0.15) is 5.26 Å². The molecular weight excluding hydrogens is 261 g/mol. The Morgan fingerprint density at radius 2 is 2.00 bits per heavy atom. The van der Waals surface area contributed by atoms with Crippen LogP contribution in [0.25, 0.3) is 0 Å². The largest absolute Gasteiger partial charge is 0.472 e. The van der Waals surface area contributed by atoms with Gasteiger partial charge in [0.1, 0.15) is 11.6 Å². The van der Waals surface area contributed by atoms with Crippen LogP contribution in [0.1, 0.15) is 19.8 Å². The summed E-state index contributed by atoms with van der Waals surface area (Å²) >= 11 is 0. The van der Waals surface area contributed by atoms with Crippen molar-refractivity contribution < 1.29 is 28.0 Å². The molecule has 18 heavy (non-hydrogen) atoms. The van der Waals surface area contributed by atoms with Crippen molar-refractivity contribution in [3.05, 3.63) is 12.2 Å². The summed E-state index contributed by atoms with van der Waals surface area (Å²) in [6.45, 7) is 4.97. The monoisotopic (exact) mass is 277 g/mol. The van der Waals surface area contributed by atoms with Crippen LogP contribution in [-0.4, -0.2) is 30.7 Å². The third-order valence-corrected chi connectivity index (χ3v) is 2.63. The number of carbonyl (C=O) groups is 1. The summed E-state index contributed by atoms with van der Waals surface area (Å²) in [5.41, 5.74) is -0.296. The van der Waals surface area contributed by atoms with Gasteiger partial charge in [0, 0.05) is 6.42 Å². The molecule has 102 valence electrons. The van der Waals surface area contributed by atoms with Crippen LogP contribution in [0.2, 0.25) is 0 Å². The van der Waals surface area contributed by atoms with E-state index in [1.54, 1.807) is 13.0 Å². The average molecular weight is 277 g/mol. The first-order chi connectivity index (χ1) is 8.43. The Kier molecular flexibility index (Phi) is 8.25. The van der Waals surface area contributed by atoms with Crippen LogP contribution >= 0.6 is 7.82 Å². The fourth-order valence-corrected chi connectivity index (χ4v) is 1.63. The summed E-state index contributed by atoms with van der Waals surface area (Å²) in [5, 5.41) is 8.34. The van der Waals surface area contributed by atoms with Gasteiger partial charge >= 0.3 is 13.8 Å². The molecule has 0 aliphatic heterocycles. The second-order valence-corrected chi connectivity index (χ2v) is 4.67. The fraction of sp³-hybridized carbons (Fsp3) is 0.600. The summed E-state index contributed by atoms with van der Waals surface area (Å²) in [4.78, 5) is 20.1. The van der Waals surface area contributed by atoms with Gasteiger partial charge in [0.15, 0.2) is 0 Å². The van der Waals surface area contributed by atoms with E-state index in [0.717, 1.165) is 0 Å². The van der Waals surface area contributed by atoms with Crippen LogP contribution in [0.4, 0.5) is 0 Å². The van der Waals surface area contributed by atoms with Crippen LogP contribution in [0.15, 0.2) is 12.2 Å². The van der Waals surface area contributed by atoms with Gasteiger partial charge in [0.05, 0.1) is 19.8 Å². The third kappa shape index (κ3) is 7.98. The lowest BCUT2D eigenvalue weighted by Gasteiger charge is -2.11. The molecule has 7 nitrogen and oxygen atoms in total. The minimum Gasteiger partial charge on any atom is -0.461 e. The summed E-state index contributed by atoms with van der Waals surface area (Å²) < 4.78 is 25.0. The Labute approximate surface area is 106 Å². The highest BCUT2D eigenvalue weighted by Crippen LogP contribution is 2.43.